The molecule has 1 N–H and O–H groups in total. The van der Waals surface area contributed by atoms with Crippen LogP contribution in [0.4, 0.5) is 13.2 Å². The summed E-state index contributed by atoms with van der Waals surface area (Å²) < 4.78 is 38.5. The third-order valence-corrected chi connectivity index (χ3v) is 4.92. The SMILES string of the molecule is CC1(C)CCSCC1NC1(C(F)(F)F)CC1. The van der Waals surface area contributed by atoms with Crippen molar-refractivity contribution in [2.75, 3.05) is 11.5 Å². The first-order valence-corrected chi connectivity index (χ1v) is 6.85. The van der Waals surface area contributed by atoms with E-state index in [1.807, 2.05) is 0 Å². The number of thioether (sulfide) groups is 1. The van der Waals surface area contributed by atoms with Crippen LogP contribution in [0, 0.1) is 5.41 Å². The maximum atomic E-state index is 12.8. The molecule has 2 fully saturated rings. The largest absolute Gasteiger partial charge is 0.406 e. The molecule has 2 rings (SSSR count). The molecular formula is C11H18F3NS. The topological polar surface area (TPSA) is 12.0 Å². The molecule has 5 heteroatoms. The fraction of sp³-hybridized carbons (Fsp3) is 1.00. The van der Waals surface area contributed by atoms with Crippen LogP contribution >= 0.6 is 11.8 Å². The number of alkyl halides is 3. The Bertz CT molecular complexity index is 271. The summed E-state index contributed by atoms with van der Waals surface area (Å²) in [4.78, 5) is 0. The van der Waals surface area contributed by atoms with Crippen LogP contribution in [0.25, 0.3) is 0 Å². The van der Waals surface area contributed by atoms with E-state index in [0.717, 1.165) is 17.9 Å². The van der Waals surface area contributed by atoms with Crippen LogP contribution in [-0.2, 0) is 0 Å². The predicted molar refractivity (Wildman–Crippen MR) is 60.7 cm³/mol. The lowest BCUT2D eigenvalue weighted by atomic mass is 9.81. The molecule has 94 valence electrons. The van der Waals surface area contributed by atoms with Crippen LogP contribution in [0.15, 0.2) is 0 Å². The first-order chi connectivity index (χ1) is 7.27. The van der Waals surface area contributed by atoms with Crippen molar-refractivity contribution in [3.8, 4) is 0 Å². The zero-order valence-corrected chi connectivity index (χ0v) is 10.5. The van der Waals surface area contributed by atoms with Gasteiger partial charge in [-0.05, 0) is 30.4 Å². The second-order valence-corrected chi connectivity index (χ2v) is 6.74. The molecule has 1 saturated heterocycles. The van der Waals surface area contributed by atoms with E-state index in [1.54, 1.807) is 11.8 Å². The Morgan fingerprint density at radius 2 is 1.81 bits per heavy atom. The summed E-state index contributed by atoms with van der Waals surface area (Å²) in [5.74, 6) is 1.86. The number of nitrogens with one attached hydrogen (secondary N) is 1. The summed E-state index contributed by atoms with van der Waals surface area (Å²) in [6.45, 7) is 4.13. The van der Waals surface area contributed by atoms with Crippen LogP contribution in [0.3, 0.4) is 0 Å². The van der Waals surface area contributed by atoms with Gasteiger partial charge in [0.05, 0.1) is 0 Å². The van der Waals surface area contributed by atoms with Crippen molar-refractivity contribution in [2.24, 2.45) is 5.41 Å². The summed E-state index contributed by atoms with van der Waals surface area (Å²) in [6.07, 6.45) is -2.62. The molecule has 0 aromatic heterocycles. The Hall–Kier alpha value is 0.100. The second-order valence-electron chi connectivity index (χ2n) is 5.59. The van der Waals surface area contributed by atoms with Gasteiger partial charge in [0.1, 0.15) is 5.54 Å². The summed E-state index contributed by atoms with van der Waals surface area (Å²) in [5, 5.41) is 2.89. The van der Waals surface area contributed by atoms with Gasteiger partial charge in [-0.3, -0.25) is 5.32 Å². The zero-order valence-electron chi connectivity index (χ0n) is 9.66. The van der Waals surface area contributed by atoms with Crippen molar-refractivity contribution in [1.29, 1.82) is 0 Å². The monoisotopic (exact) mass is 253 g/mol. The maximum absolute atomic E-state index is 12.8. The first-order valence-electron chi connectivity index (χ1n) is 5.69. The highest BCUT2D eigenvalue weighted by Crippen LogP contribution is 2.50. The molecule has 16 heavy (non-hydrogen) atoms. The van der Waals surface area contributed by atoms with Crippen molar-refractivity contribution in [3.05, 3.63) is 0 Å². The van der Waals surface area contributed by atoms with Gasteiger partial charge >= 0.3 is 6.18 Å². The van der Waals surface area contributed by atoms with E-state index in [4.69, 9.17) is 0 Å². The molecule has 1 heterocycles. The van der Waals surface area contributed by atoms with Crippen LogP contribution in [0.2, 0.25) is 0 Å². The van der Waals surface area contributed by atoms with Gasteiger partial charge in [-0.25, -0.2) is 0 Å². The predicted octanol–water partition coefficient (Wildman–Crippen LogP) is 3.20. The zero-order chi connectivity index (χ0) is 12.0. The van der Waals surface area contributed by atoms with Gasteiger partial charge in [0.2, 0.25) is 0 Å². The summed E-state index contributed by atoms with van der Waals surface area (Å²) in [6, 6.07) is -0.0182. The van der Waals surface area contributed by atoms with Crippen LogP contribution in [0.5, 0.6) is 0 Å². The lowest BCUT2D eigenvalue weighted by molar-refractivity contribution is -0.169. The summed E-state index contributed by atoms with van der Waals surface area (Å²) >= 11 is 1.75. The average Bonchev–Trinajstić information content (AvgIpc) is 2.88. The van der Waals surface area contributed by atoms with Gasteiger partial charge in [-0.15, -0.1) is 0 Å². The minimum atomic E-state index is -4.09. The third-order valence-electron chi connectivity index (χ3n) is 3.86. The minimum absolute atomic E-state index is 0.0182. The summed E-state index contributed by atoms with van der Waals surface area (Å²) in [7, 11) is 0. The van der Waals surface area contributed by atoms with Gasteiger partial charge in [0, 0.05) is 11.8 Å². The van der Waals surface area contributed by atoms with Crippen molar-refractivity contribution in [3.63, 3.8) is 0 Å². The molecule has 1 aliphatic heterocycles. The molecule has 0 spiro atoms. The molecule has 1 atom stereocenters. The molecule has 0 bridgehead atoms. The van der Waals surface area contributed by atoms with Gasteiger partial charge in [-0.2, -0.15) is 24.9 Å². The van der Waals surface area contributed by atoms with Gasteiger partial charge in [0.25, 0.3) is 0 Å². The van der Waals surface area contributed by atoms with Crippen molar-refractivity contribution >= 4 is 11.8 Å². The lowest BCUT2D eigenvalue weighted by Gasteiger charge is -2.41. The number of hydrogen-bond acceptors (Lipinski definition) is 2. The molecule has 1 nitrogen and oxygen atoms in total. The average molecular weight is 253 g/mol. The standard InChI is InChI=1S/C11H18F3NS/c1-9(2)5-6-16-7-8(9)15-10(3-4-10)11(12,13)14/h8,15H,3-7H2,1-2H3. The highest BCUT2D eigenvalue weighted by atomic mass is 32.2. The molecular weight excluding hydrogens is 235 g/mol. The van der Waals surface area contributed by atoms with E-state index in [1.165, 1.54) is 0 Å². The van der Waals surface area contributed by atoms with E-state index in [0.29, 0.717) is 0 Å². The molecule has 0 amide bonds. The van der Waals surface area contributed by atoms with E-state index < -0.39 is 11.7 Å². The van der Waals surface area contributed by atoms with E-state index in [2.05, 4.69) is 19.2 Å². The van der Waals surface area contributed by atoms with E-state index >= 15 is 0 Å². The smallest absolute Gasteiger partial charge is 0.299 e. The fourth-order valence-corrected chi connectivity index (χ4v) is 3.75. The van der Waals surface area contributed by atoms with Crippen LogP contribution in [0.1, 0.15) is 33.1 Å². The van der Waals surface area contributed by atoms with E-state index in [-0.39, 0.29) is 24.3 Å². The fourth-order valence-electron chi connectivity index (χ4n) is 2.14. The van der Waals surface area contributed by atoms with Gasteiger partial charge < -0.3 is 0 Å². The number of hydrogen-bond donors (Lipinski definition) is 1. The third kappa shape index (κ3) is 2.21. The molecule has 0 radical (unpaired) electrons. The molecule has 1 unspecified atom stereocenters. The Morgan fingerprint density at radius 1 is 1.19 bits per heavy atom. The quantitative estimate of drug-likeness (QED) is 0.811. The van der Waals surface area contributed by atoms with Crippen molar-refractivity contribution < 1.29 is 13.2 Å². The highest BCUT2D eigenvalue weighted by Gasteiger charge is 2.64. The molecule has 0 aromatic carbocycles. The van der Waals surface area contributed by atoms with Gasteiger partial charge in [-0.1, -0.05) is 13.8 Å². The Kier molecular flexibility index (Phi) is 2.98. The van der Waals surface area contributed by atoms with Crippen molar-refractivity contribution in [1.82, 2.24) is 5.32 Å². The second kappa shape index (κ2) is 3.80. The Morgan fingerprint density at radius 3 is 2.25 bits per heavy atom. The maximum Gasteiger partial charge on any atom is 0.406 e. The molecule has 1 aliphatic carbocycles. The Labute approximate surface area is 98.5 Å². The highest BCUT2D eigenvalue weighted by molar-refractivity contribution is 7.99. The number of halogens is 3. The van der Waals surface area contributed by atoms with Gasteiger partial charge in [0.15, 0.2) is 0 Å². The number of rotatable bonds is 2. The van der Waals surface area contributed by atoms with Crippen LogP contribution in [-0.4, -0.2) is 29.3 Å². The van der Waals surface area contributed by atoms with Crippen molar-refractivity contribution in [2.45, 2.75) is 50.9 Å². The molecule has 2 aliphatic rings. The molecule has 1 saturated carbocycles. The minimum Gasteiger partial charge on any atom is -0.299 e. The normalized spacial score (nSPS) is 32.4. The summed E-state index contributed by atoms with van der Waals surface area (Å²) in [5.41, 5.74) is -1.58. The molecule has 0 aromatic rings. The van der Waals surface area contributed by atoms with Crippen LogP contribution < -0.4 is 5.32 Å². The lowest BCUT2D eigenvalue weighted by Crippen LogP contribution is -2.56. The first kappa shape index (κ1) is 12.6. The Balaban J connectivity index is 2.04. The van der Waals surface area contributed by atoms with E-state index in [9.17, 15) is 13.2 Å².